The largest absolute Gasteiger partial charge is 0.397 e. The average Bonchev–Trinajstić information content (AvgIpc) is 3.19. The molecular weight excluding hydrogens is 278 g/mol. The zero-order valence-electron chi connectivity index (χ0n) is 11.6. The van der Waals surface area contributed by atoms with Gasteiger partial charge in [-0.1, -0.05) is 0 Å². The Morgan fingerprint density at radius 1 is 1.05 bits per heavy atom. The van der Waals surface area contributed by atoms with Crippen LogP contribution in [0, 0.1) is 0 Å². The highest BCUT2D eigenvalue weighted by atomic mass is 15.2. The van der Waals surface area contributed by atoms with Gasteiger partial charge in [-0.3, -0.25) is 5.10 Å². The Kier molecular flexibility index (Phi) is 2.75. The number of aromatic amines is 1. The molecule has 0 spiro atoms. The first-order chi connectivity index (χ1) is 10.8. The van der Waals surface area contributed by atoms with Gasteiger partial charge in [-0.05, 0) is 29.8 Å². The zero-order chi connectivity index (χ0) is 14.9. The van der Waals surface area contributed by atoms with Crippen molar-refractivity contribution in [1.29, 1.82) is 0 Å². The Morgan fingerprint density at radius 3 is 2.86 bits per heavy atom. The minimum atomic E-state index is 0.690. The summed E-state index contributed by atoms with van der Waals surface area (Å²) in [5.74, 6) is 1.51. The van der Waals surface area contributed by atoms with Gasteiger partial charge in [0, 0.05) is 24.0 Å². The number of rotatable bonds is 3. The molecule has 0 atom stereocenters. The summed E-state index contributed by atoms with van der Waals surface area (Å²) in [5.41, 5.74) is 9.64. The summed E-state index contributed by atoms with van der Waals surface area (Å²) in [6.07, 6.45) is 7.10. The molecule has 7 nitrogen and oxygen atoms in total. The first-order valence-electron chi connectivity index (χ1n) is 6.75. The molecule has 4 rings (SSSR count). The smallest absolute Gasteiger partial charge is 0.132 e. The lowest BCUT2D eigenvalue weighted by Gasteiger charge is -2.08. The summed E-state index contributed by atoms with van der Waals surface area (Å²) in [4.78, 5) is 4.30. The van der Waals surface area contributed by atoms with Crippen LogP contribution < -0.4 is 11.1 Å². The number of nitrogens with zero attached hydrogens (tertiary/aromatic N) is 4. The monoisotopic (exact) mass is 291 g/mol. The molecule has 4 aromatic rings. The van der Waals surface area contributed by atoms with Crippen molar-refractivity contribution in [2.75, 3.05) is 11.1 Å². The molecule has 108 valence electrons. The van der Waals surface area contributed by atoms with Gasteiger partial charge in [0.1, 0.15) is 11.6 Å². The van der Waals surface area contributed by atoms with E-state index in [0.717, 1.165) is 28.3 Å². The lowest BCUT2D eigenvalue weighted by Crippen LogP contribution is -1.97. The fourth-order valence-electron chi connectivity index (χ4n) is 2.36. The molecular formula is C15H13N7. The Morgan fingerprint density at radius 2 is 2.00 bits per heavy atom. The van der Waals surface area contributed by atoms with Crippen LogP contribution in [0.2, 0.25) is 0 Å². The molecule has 0 fully saturated rings. The van der Waals surface area contributed by atoms with Crippen LogP contribution in [0.15, 0.2) is 55.1 Å². The maximum Gasteiger partial charge on any atom is 0.132 e. The standard InChI is InChI=1S/C15H13N7/c16-12-7-11(9-22-13(12)2-6-19-22)10-1-4-17-15(8-10)20-14-3-5-18-21-14/h1-9H,16H2,(H2,17,18,20,21). The summed E-state index contributed by atoms with van der Waals surface area (Å²) >= 11 is 0. The van der Waals surface area contributed by atoms with Gasteiger partial charge in [-0.15, -0.1) is 0 Å². The first-order valence-corrected chi connectivity index (χ1v) is 6.75. The third-order valence-electron chi connectivity index (χ3n) is 3.40. The minimum Gasteiger partial charge on any atom is -0.397 e. The van der Waals surface area contributed by atoms with Crippen molar-refractivity contribution < 1.29 is 0 Å². The number of anilines is 3. The second kappa shape index (κ2) is 4.88. The second-order valence-electron chi connectivity index (χ2n) is 4.87. The SMILES string of the molecule is Nc1cc(-c2ccnc(Nc3ccn[nH]3)c2)cn2nccc12. The zero-order valence-corrected chi connectivity index (χ0v) is 11.6. The molecule has 0 saturated carbocycles. The van der Waals surface area contributed by atoms with E-state index in [2.05, 4.69) is 25.6 Å². The van der Waals surface area contributed by atoms with E-state index in [4.69, 9.17) is 5.73 Å². The van der Waals surface area contributed by atoms with Crippen LogP contribution in [-0.4, -0.2) is 24.8 Å². The maximum atomic E-state index is 6.08. The van der Waals surface area contributed by atoms with Crippen molar-refractivity contribution in [2.45, 2.75) is 0 Å². The highest BCUT2D eigenvalue weighted by Gasteiger charge is 2.06. The van der Waals surface area contributed by atoms with Crippen molar-refractivity contribution in [3.63, 3.8) is 0 Å². The van der Waals surface area contributed by atoms with E-state index < -0.39 is 0 Å². The van der Waals surface area contributed by atoms with Crippen molar-refractivity contribution in [1.82, 2.24) is 24.8 Å². The van der Waals surface area contributed by atoms with Crippen LogP contribution >= 0.6 is 0 Å². The van der Waals surface area contributed by atoms with Crippen LogP contribution in [-0.2, 0) is 0 Å². The Labute approximate surface area is 125 Å². The summed E-state index contributed by atoms with van der Waals surface area (Å²) in [5, 5.41) is 14.1. The fourth-order valence-corrected chi connectivity index (χ4v) is 2.36. The number of pyridine rings is 2. The lowest BCUT2D eigenvalue weighted by molar-refractivity contribution is 0.964. The van der Waals surface area contributed by atoms with Gasteiger partial charge in [0.05, 0.1) is 23.6 Å². The normalized spacial score (nSPS) is 10.9. The molecule has 22 heavy (non-hydrogen) atoms. The number of hydrogen-bond donors (Lipinski definition) is 3. The summed E-state index contributed by atoms with van der Waals surface area (Å²) in [6, 6.07) is 9.54. The van der Waals surface area contributed by atoms with E-state index in [0.29, 0.717) is 5.69 Å². The molecule has 0 aliphatic heterocycles. The Hall–Kier alpha value is -3.35. The number of hydrogen-bond acceptors (Lipinski definition) is 5. The quantitative estimate of drug-likeness (QED) is 0.538. The van der Waals surface area contributed by atoms with E-state index in [1.54, 1.807) is 23.1 Å². The highest BCUT2D eigenvalue weighted by molar-refractivity contribution is 5.77. The van der Waals surface area contributed by atoms with Crippen molar-refractivity contribution >= 4 is 22.8 Å². The summed E-state index contributed by atoms with van der Waals surface area (Å²) < 4.78 is 1.77. The molecule has 7 heteroatoms. The van der Waals surface area contributed by atoms with Crippen LogP contribution in [0.3, 0.4) is 0 Å². The average molecular weight is 291 g/mol. The second-order valence-corrected chi connectivity index (χ2v) is 4.87. The molecule has 0 unspecified atom stereocenters. The van der Waals surface area contributed by atoms with Gasteiger partial charge in [-0.2, -0.15) is 10.2 Å². The van der Waals surface area contributed by atoms with E-state index >= 15 is 0 Å². The predicted octanol–water partition coefficient (Wildman–Crippen LogP) is 2.45. The number of aromatic nitrogens is 5. The molecule has 4 aromatic heterocycles. The third-order valence-corrected chi connectivity index (χ3v) is 3.40. The lowest BCUT2D eigenvalue weighted by atomic mass is 10.1. The van der Waals surface area contributed by atoms with Crippen molar-refractivity contribution in [3.05, 3.63) is 55.1 Å². The van der Waals surface area contributed by atoms with Crippen molar-refractivity contribution in [2.24, 2.45) is 0 Å². The Balaban J connectivity index is 1.74. The predicted molar refractivity (Wildman–Crippen MR) is 84.7 cm³/mol. The van der Waals surface area contributed by atoms with Gasteiger partial charge in [0.25, 0.3) is 0 Å². The maximum absolute atomic E-state index is 6.08. The highest BCUT2D eigenvalue weighted by Crippen LogP contribution is 2.26. The van der Waals surface area contributed by atoms with E-state index in [9.17, 15) is 0 Å². The molecule has 4 heterocycles. The molecule has 0 aliphatic rings. The minimum absolute atomic E-state index is 0.690. The van der Waals surface area contributed by atoms with Gasteiger partial charge in [0.15, 0.2) is 0 Å². The van der Waals surface area contributed by atoms with Crippen molar-refractivity contribution in [3.8, 4) is 11.1 Å². The molecule has 0 radical (unpaired) electrons. The number of fused-ring (bicyclic) bond motifs is 1. The number of H-pyrrole nitrogens is 1. The Bertz CT molecular complexity index is 924. The van der Waals surface area contributed by atoms with Crippen LogP contribution in [0.5, 0.6) is 0 Å². The number of nitrogens with two attached hydrogens (primary N) is 1. The molecule has 0 bridgehead atoms. The van der Waals surface area contributed by atoms with Crippen LogP contribution in [0.1, 0.15) is 0 Å². The van der Waals surface area contributed by atoms with Gasteiger partial charge in [0.2, 0.25) is 0 Å². The van der Waals surface area contributed by atoms with Crippen LogP contribution in [0.25, 0.3) is 16.6 Å². The van der Waals surface area contributed by atoms with E-state index in [-0.39, 0.29) is 0 Å². The topological polar surface area (TPSA) is 96.9 Å². The fraction of sp³-hybridized carbons (Fsp3) is 0. The molecule has 0 aliphatic carbocycles. The number of nitrogen functional groups attached to an aromatic ring is 1. The molecule has 4 N–H and O–H groups in total. The van der Waals surface area contributed by atoms with E-state index in [1.807, 2.05) is 36.5 Å². The summed E-state index contributed by atoms with van der Waals surface area (Å²) in [7, 11) is 0. The number of nitrogens with one attached hydrogen (secondary N) is 2. The van der Waals surface area contributed by atoms with Crippen LogP contribution in [0.4, 0.5) is 17.3 Å². The summed E-state index contributed by atoms with van der Waals surface area (Å²) in [6.45, 7) is 0. The molecule has 0 aromatic carbocycles. The third kappa shape index (κ3) is 2.14. The van der Waals surface area contributed by atoms with Gasteiger partial charge < -0.3 is 11.1 Å². The van der Waals surface area contributed by atoms with Gasteiger partial charge in [-0.25, -0.2) is 9.50 Å². The first kappa shape index (κ1) is 12.4. The molecule has 0 amide bonds. The van der Waals surface area contributed by atoms with E-state index in [1.165, 1.54) is 0 Å². The van der Waals surface area contributed by atoms with Gasteiger partial charge >= 0.3 is 0 Å². The molecule has 0 saturated heterocycles.